The van der Waals surface area contributed by atoms with Gasteiger partial charge in [0.2, 0.25) is 0 Å². The number of likely N-dealkylation sites (tertiary alicyclic amines) is 1. The van der Waals surface area contributed by atoms with E-state index in [2.05, 4.69) is 0 Å². The Labute approximate surface area is 175 Å². The molecule has 156 valence electrons. The van der Waals surface area contributed by atoms with Crippen LogP contribution in [0.5, 0.6) is 5.75 Å². The van der Waals surface area contributed by atoms with Crippen LogP contribution in [0.3, 0.4) is 0 Å². The summed E-state index contributed by atoms with van der Waals surface area (Å²) in [4.78, 5) is 18.5. The monoisotopic (exact) mass is 407 g/mol. The summed E-state index contributed by atoms with van der Waals surface area (Å²) in [5.41, 5.74) is 2.74. The molecular weight excluding hydrogens is 382 g/mol. The van der Waals surface area contributed by atoms with Gasteiger partial charge in [0.25, 0.3) is 0 Å². The quantitative estimate of drug-likeness (QED) is 0.504. The van der Waals surface area contributed by atoms with E-state index in [0.717, 1.165) is 41.2 Å². The Balaban J connectivity index is 1.64. The number of carbonyl (C=O) groups excluding carboxylic acids is 1. The lowest BCUT2D eigenvalue weighted by atomic mass is 9.97. The first-order chi connectivity index (χ1) is 14.6. The molecule has 4 rings (SSSR count). The highest BCUT2D eigenvalue weighted by Crippen LogP contribution is 2.37. The lowest BCUT2D eigenvalue weighted by molar-refractivity contribution is -0.0358. The van der Waals surface area contributed by atoms with Crippen molar-refractivity contribution in [1.29, 1.82) is 0 Å². The molecule has 3 aromatic rings. The van der Waals surface area contributed by atoms with Crippen molar-refractivity contribution < 1.29 is 19.2 Å². The fourth-order valence-electron chi connectivity index (χ4n) is 3.76. The minimum atomic E-state index is -0.384. The Kier molecular flexibility index (Phi) is 5.72. The molecule has 7 nitrogen and oxygen atoms in total. The zero-order chi connectivity index (χ0) is 21.1. The molecule has 0 bridgehead atoms. The second-order valence-electron chi connectivity index (χ2n) is 7.39. The van der Waals surface area contributed by atoms with Gasteiger partial charge in [-0.15, -0.1) is 0 Å². The number of ether oxygens (including phenoxy) is 1. The Bertz CT molecular complexity index is 991. The highest BCUT2D eigenvalue weighted by atomic mass is 16.5. The number of urea groups is 1. The summed E-state index contributed by atoms with van der Waals surface area (Å²) in [5.74, 6) is 2.31. The van der Waals surface area contributed by atoms with Crippen LogP contribution >= 0.6 is 0 Å². The maximum Gasteiger partial charge on any atom is 0.343 e. The van der Waals surface area contributed by atoms with E-state index in [1.54, 1.807) is 12.0 Å². The van der Waals surface area contributed by atoms with Gasteiger partial charge in [-0.1, -0.05) is 30.3 Å². The molecule has 1 fully saturated rings. The van der Waals surface area contributed by atoms with Gasteiger partial charge in [0.15, 0.2) is 11.7 Å². The fourth-order valence-corrected chi connectivity index (χ4v) is 3.76. The Morgan fingerprint density at radius 3 is 2.37 bits per heavy atom. The molecule has 0 spiro atoms. The number of aromatic nitrogens is 1. The average Bonchev–Trinajstić information content (AvgIpc) is 3.25. The topological polar surface area (TPSA) is 79.0 Å². The van der Waals surface area contributed by atoms with Gasteiger partial charge in [-0.3, -0.25) is 5.21 Å². The van der Waals surface area contributed by atoms with Crippen molar-refractivity contribution in [2.75, 3.05) is 27.2 Å². The first-order valence-corrected chi connectivity index (χ1v) is 9.99. The van der Waals surface area contributed by atoms with Gasteiger partial charge in [-0.25, -0.2) is 14.8 Å². The van der Waals surface area contributed by atoms with E-state index < -0.39 is 0 Å². The number of methoxy groups -OCH3 is 1. The molecule has 1 aliphatic heterocycles. The predicted octanol–water partition coefficient (Wildman–Crippen LogP) is 4.64. The highest BCUT2D eigenvalue weighted by molar-refractivity contribution is 5.77. The Morgan fingerprint density at radius 1 is 1.10 bits per heavy atom. The summed E-state index contributed by atoms with van der Waals surface area (Å²) in [6.07, 6.45) is 1.47. The number of piperidine rings is 1. The van der Waals surface area contributed by atoms with E-state index in [1.165, 1.54) is 7.05 Å². The maximum absolute atomic E-state index is 12.0. The first kappa shape index (κ1) is 20.0. The normalized spacial score (nSPS) is 14.6. The lowest BCUT2D eigenvalue weighted by Crippen LogP contribution is -2.43. The second kappa shape index (κ2) is 8.59. The molecule has 0 saturated carbocycles. The summed E-state index contributed by atoms with van der Waals surface area (Å²) in [5, 5.41) is 10.0. The van der Waals surface area contributed by atoms with E-state index in [0.29, 0.717) is 24.0 Å². The average molecular weight is 407 g/mol. The fraction of sp³-hybridized carbons (Fsp3) is 0.304. The van der Waals surface area contributed by atoms with Crippen molar-refractivity contribution in [3.8, 4) is 28.3 Å². The molecule has 2 heterocycles. The van der Waals surface area contributed by atoms with Crippen LogP contribution < -0.4 is 4.74 Å². The van der Waals surface area contributed by atoms with Crippen LogP contribution in [-0.2, 0) is 0 Å². The van der Waals surface area contributed by atoms with E-state index in [1.807, 2.05) is 54.6 Å². The third-order valence-electron chi connectivity index (χ3n) is 5.43. The van der Waals surface area contributed by atoms with E-state index >= 15 is 0 Å². The van der Waals surface area contributed by atoms with Crippen LogP contribution in [0.25, 0.3) is 22.6 Å². The standard InChI is InChI=1S/C23H25N3O4/c1-25(28)23(27)26-14-12-18(13-15-26)22-24-20(16-6-4-3-5-7-16)21(30-22)17-8-10-19(29-2)11-9-17/h3-11,18,28H,12-15H2,1-2H3. The van der Waals surface area contributed by atoms with Gasteiger partial charge >= 0.3 is 6.03 Å². The second-order valence-corrected chi connectivity index (χ2v) is 7.39. The Morgan fingerprint density at radius 2 is 1.77 bits per heavy atom. The summed E-state index contributed by atoms with van der Waals surface area (Å²) < 4.78 is 11.6. The van der Waals surface area contributed by atoms with E-state index in [-0.39, 0.29) is 11.9 Å². The third-order valence-corrected chi connectivity index (χ3v) is 5.43. The van der Waals surface area contributed by atoms with Crippen molar-refractivity contribution in [2.24, 2.45) is 0 Å². The van der Waals surface area contributed by atoms with Crippen LogP contribution in [0.15, 0.2) is 59.0 Å². The molecule has 30 heavy (non-hydrogen) atoms. The molecule has 2 aromatic carbocycles. The first-order valence-electron chi connectivity index (χ1n) is 9.99. The largest absolute Gasteiger partial charge is 0.497 e. The van der Waals surface area contributed by atoms with Crippen molar-refractivity contribution >= 4 is 6.03 Å². The van der Waals surface area contributed by atoms with E-state index in [4.69, 9.17) is 14.1 Å². The molecule has 1 aromatic heterocycles. The van der Waals surface area contributed by atoms with Gasteiger partial charge in [0.05, 0.1) is 7.11 Å². The molecule has 1 saturated heterocycles. The van der Waals surface area contributed by atoms with Crippen molar-refractivity contribution in [1.82, 2.24) is 14.9 Å². The molecular formula is C23H25N3O4. The number of amides is 2. The molecule has 1 N–H and O–H groups in total. The molecule has 0 radical (unpaired) electrons. The number of carbonyl (C=O) groups is 1. The van der Waals surface area contributed by atoms with Crippen molar-refractivity contribution in [3.05, 3.63) is 60.5 Å². The van der Waals surface area contributed by atoms with Crippen molar-refractivity contribution in [3.63, 3.8) is 0 Å². The molecule has 7 heteroatoms. The van der Waals surface area contributed by atoms with Crippen molar-refractivity contribution in [2.45, 2.75) is 18.8 Å². The molecule has 0 unspecified atom stereocenters. The highest BCUT2D eigenvalue weighted by Gasteiger charge is 2.29. The number of nitrogens with zero attached hydrogens (tertiary/aromatic N) is 3. The molecule has 0 aliphatic carbocycles. The minimum absolute atomic E-state index is 0.118. The third kappa shape index (κ3) is 4.02. The van der Waals surface area contributed by atoms with Gasteiger partial charge in [0.1, 0.15) is 11.4 Å². The number of benzene rings is 2. The number of oxazole rings is 1. The predicted molar refractivity (Wildman–Crippen MR) is 112 cm³/mol. The molecule has 0 atom stereocenters. The molecule has 2 amide bonds. The Hall–Kier alpha value is -3.32. The summed E-state index contributed by atoms with van der Waals surface area (Å²) in [7, 11) is 2.98. The van der Waals surface area contributed by atoms with Crippen LogP contribution in [0, 0.1) is 0 Å². The number of rotatable bonds is 4. The van der Waals surface area contributed by atoms with Crippen LogP contribution in [0.4, 0.5) is 4.79 Å². The summed E-state index contributed by atoms with van der Waals surface area (Å²) in [6, 6.07) is 17.3. The number of hydrogen-bond acceptors (Lipinski definition) is 5. The lowest BCUT2D eigenvalue weighted by Gasteiger charge is -2.31. The zero-order valence-corrected chi connectivity index (χ0v) is 17.1. The van der Waals surface area contributed by atoms with E-state index in [9.17, 15) is 10.0 Å². The maximum atomic E-state index is 12.0. The summed E-state index contributed by atoms with van der Waals surface area (Å²) >= 11 is 0. The molecule has 1 aliphatic rings. The number of hydrogen-bond donors (Lipinski definition) is 1. The van der Waals surface area contributed by atoms with Gasteiger partial charge in [0, 0.05) is 37.2 Å². The minimum Gasteiger partial charge on any atom is -0.497 e. The van der Waals surface area contributed by atoms with Gasteiger partial charge < -0.3 is 14.1 Å². The van der Waals surface area contributed by atoms with Gasteiger partial charge in [-0.05, 0) is 37.1 Å². The van der Waals surface area contributed by atoms with Crippen LogP contribution in [0.1, 0.15) is 24.7 Å². The van der Waals surface area contributed by atoms with Gasteiger partial charge in [-0.2, -0.15) is 0 Å². The smallest absolute Gasteiger partial charge is 0.343 e. The van der Waals surface area contributed by atoms with Crippen LogP contribution in [-0.4, -0.2) is 53.4 Å². The summed E-state index contributed by atoms with van der Waals surface area (Å²) in [6.45, 7) is 1.10. The van der Waals surface area contributed by atoms with Crippen LogP contribution in [0.2, 0.25) is 0 Å². The number of hydroxylamine groups is 2. The zero-order valence-electron chi connectivity index (χ0n) is 17.1. The SMILES string of the molecule is COc1ccc(-c2oc(C3CCN(C(=O)N(C)O)CC3)nc2-c2ccccc2)cc1.